The SMILES string of the molecule is CCOC(=O)c1nc(-c2ccc3c(c2)OCO3)n[nH]1. The molecule has 0 bridgehead atoms. The number of esters is 1. The Hall–Kier alpha value is -2.57. The van der Waals surface area contributed by atoms with E-state index in [4.69, 9.17) is 14.2 Å². The third kappa shape index (κ3) is 2.10. The van der Waals surface area contributed by atoms with Crippen LogP contribution in [0.1, 0.15) is 17.5 Å². The van der Waals surface area contributed by atoms with Gasteiger partial charge in [0.1, 0.15) is 0 Å². The average Bonchev–Trinajstić information content (AvgIpc) is 3.07. The zero-order valence-corrected chi connectivity index (χ0v) is 10.2. The first-order valence-corrected chi connectivity index (χ1v) is 5.77. The minimum atomic E-state index is -0.526. The fourth-order valence-electron chi connectivity index (χ4n) is 1.72. The molecule has 0 atom stereocenters. The van der Waals surface area contributed by atoms with Crippen molar-refractivity contribution in [2.24, 2.45) is 0 Å². The molecule has 0 amide bonds. The minimum absolute atomic E-state index is 0.0783. The molecule has 7 nitrogen and oxygen atoms in total. The summed E-state index contributed by atoms with van der Waals surface area (Å²) in [6.07, 6.45) is 0. The Morgan fingerprint density at radius 2 is 2.26 bits per heavy atom. The monoisotopic (exact) mass is 261 g/mol. The Morgan fingerprint density at radius 3 is 3.11 bits per heavy atom. The van der Waals surface area contributed by atoms with Crippen molar-refractivity contribution in [3.63, 3.8) is 0 Å². The number of nitrogens with one attached hydrogen (secondary N) is 1. The molecule has 1 N–H and O–H groups in total. The van der Waals surface area contributed by atoms with Gasteiger partial charge in [0, 0.05) is 5.56 Å². The molecule has 0 saturated heterocycles. The van der Waals surface area contributed by atoms with E-state index in [1.54, 1.807) is 25.1 Å². The number of benzene rings is 1. The topological polar surface area (TPSA) is 86.3 Å². The van der Waals surface area contributed by atoms with Gasteiger partial charge in [0.15, 0.2) is 17.3 Å². The number of hydrogen-bond acceptors (Lipinski definition) is 6. The van der Waals surface area contributed by atoms with Crippen molar-refractivity contribution in [1.82, 2.24) is 15.2 Å². The number of fused-ring (bicyclic) bond motifs is 1. The van der Waals surface area contributed by atoms with E-state index in [1.807, 2.05) is 0 Å². The number of aromatic amines is 1. The van der Waals surface area contributed by atoms with Gasteiger partial charge in [-0.3, -0.25) is 5.10 Å². The van der Waals surface area contributed by atoms with Crippen LogP contribution in [0.2, 0.25) is 0 Å². The summed E-state index contributed by atoms with van der Waals surface area (Å²) in [6, 6.07) is 5.34. The van der Waals surface area contributed by atoms with E-state index in [0.29, 0.717) is 23.9 Å². The molecule has 0 fully saturated rings. The minimum Gasteiger partial charge on any atom is -0.460 e. The zero-order chi connectivity index (χ0) is 13.2. The maximum absolute atomic E-state index is 11.5. The Bertz CT molecular complexity index is 623. The number of H-pyrrole nitrogens is 1. The molecule has 2 aromatic rings. The molecule has 0 unspecified atom stereocenters. The lowest BCUT2D eigenvalue weighted by Crippen LogP contribution is -2.06. The Kier molecular flexibility index (Phi) is 2.79. The molecule has 0 saturated carbocycles. The number of rotatable bonds is 3. The molecule has 1 aliphatic rings. The number of aromatic nitrogens is 3. The predicted octanol–water partition coefficient (Wildman–Crippen LogP) is 1.38. The third-order valence-corrected chi connectivity index (χ3v) is 2.58. The van der Waals surface area contributed by atoms with Gasteiger partial charge < -0.3 is 14.2 Å². The van der Waals surface area contributed by atoms with Crippen LogP contribution in [0.5, 0.6) is 11.5 Å². The number of ether oxygens (including phenoxy) is 3. The number of nitrogens with zero attached hydrogens (tertiary/aromatic N) is 2. The molecule has 1 aromatic carbocycles. The summed E-state index contributed by atoms with van der Waals surface area (Å²) in [7, 11) is 0. The number of hydrogen-bond donors (Lipinski definition) is 1. The summed E-state index contributed by atoms with van der Waals surface area (Å²) in [4.78, 5) is 15.6. The lowest BCUT2D eigenvalue weighted by atomic mass is 10.2. The summed E-state index contributed by atoms with van der Waals surface area (Å²) in [5.41, 5.74) is 0.732. The fraction of sp³-hybridized carbons (Fsp3) is 0.250. The van der Waals surface area contributed by atoms with E-state index in [0.717, 1.165) is 5.56 Å². The standard InChI is InChI=1S/C12H11N3O4/c1-2-17-12(16)11-13-10(14-15-11)7-3-4-8-9(5-7)19-6-18-8/h3-5H,2,6H2,1H3,(H,13,14,15). The Labute approximate surface area is 108 Å². The van der Waals surface area contributed by atoms with Crippen LogP contribution >= 0.6 is 0 Å². The van der Waals surface area contributed by atoms with Gasteiger partial charge in [-0.15, -0.1) is 0 Å². The van der Waals surface area contributed by atoms with Crippen molar-refractivity contribution >= 4 is 5.97 Å². The van der Waals surface area contributed by atoms with Crippen LogP contribution < -0.4 is 9.47 Å². The van der Waals surface area contributed by atoms with Crippen molar-refractivity contribution < 1.29 is 19.0 Å². The van der Waals surface area contributed by atoms with Gasteiger partial charge >= 0.3 is 5.97 Å². The quantitative estimate of drug-likeness (QED) is 0.840. The molecule has 3 rings (SSSR count). The van der Waals surface area contributed by atoms with Crippen LogP contribution in [0.3, 0.4) is 0 Å². The van der Waals surface area contributed by atoms with Gasteiger partial charge in [-0.25, -0.2) is 9.78 Å². The van der Waals surface area contributed by atoms with Crippen LogP contribution in [0, 0.1) is 0 Å². The normalized spacial score (nSPS) is 12.5. The van der Waals surface area contributed by atoms with E-state index >= 15 is 0 Å². The zero-order valence-electron chi connectivity index (χ0n) is 10.2. The second-order valence-electron chi connectivity index (χ2n) is 3.80. The Balaban J connectivity index is 1.88. The van der Waals surface area contributed by atoms with Gasteiger partial charge in [0.2, 0.25) is 12.6 Å². The van der Waals surface area contributed by atoms with E-state index in [-0.39, 0.29) is 12.6 Å². The smallest absolute Gasteiger partial charge is 0.375 e. The van der Waals surface area contributed by atoms with Gasteiger partial charge in [-0.1, -0.05) is 0 Å². The lowest BCUT2D eigenvalue weighted by molar-refractivity contribution is 0.0512. The average molecular weight is 261 g/mol. The van der Waals surface area contributed by atoms with E-state index in [1.165, 1.54) is 0 Å². The molecule has 2 heterocycles. The molecule has 7 heteroatoms. The third-order valence-electron chi connectivity index (χ3n) is 2.58. The van der Waals surface area contributed by atoms with Crippen molar-refractivity contribution in [2.45, 2.75) is 6.92 Å². The molecule has 1 aromatic heterocycles. The van der Waals surface area contributed by atoms with Crippen LogP contribution in [0.15, 0.2) is 18.2 Å². The van der Waals surface area contributed by atoms with E-state index in [9.17, 15) is 4.79 Å². The highest BCUT2D eigenvalue weighted by molar-refractivity contribution is 5.85. The number of carbonyl (C=O) groups is 1. The molecular weight excluding hydrogens is 250 g/mol. The second kappa shape index (κ2) is 4.60. The van der Waals surface area contributed by atoms with Crippen molar-refractivity contribution in [2.75, 3.05) is 13.4 Å². The van der Waals surface area contributed by atoms with Crippen molar-refractivity contribution in [1.29, 1.82) is 0 Å². The predicted molar refractivity (Wildman–Crippen MR) is 63.9 cm³/mol. The molecule has 0 radical (unpaired) electrons. The first kappa shape index (κ1) is 11.5. The summed E-state index contributed by atoms with van der Waals surface area (Å²) in [5, 5.41) is 6.53. The molecule has 1 aliphatic heterocycles. The fourth-order valence-corrected chi connectivity index (χ4v) is 1.72. The molecule has 0 aliphatic carbocycles. The number of carbonyl (C=O) groups excluding carboxylic acids is 1. The summed E-state index contributed by atoms with van der Waals surface area (Å²) >= 11 is 0. The highest BCUT2D eigenvalue weighted by atomic mass is 16.7. The van der Waals surface area contributed by atoms with E-state index in [2.05, 4.69) is 15.2 Å². The Morgan fingerprint density at radius 1 is 1.42 bits per heavy atom. The first-order valence-electron chi connectivity index (χ1n) is 5.77. The van der Waals surface area contributed by atoms with Crippen LogP contribution in [0.25, 0.3) is 11.4 Å². The highest BCUT2D eigenvalue weighted by Gasteiger charge is 2.17. The van der Waals surface area contributed by atoms with E-state index < -0.39 is 5.97 Å². The first-order chi connectivity index (χ1) is 9.28. The highest BCUT2D eigenvalue weighted by Crippen LogP contribution is 2.34. The van der Waals surface area contributed by atoms with Crippen LogP contribution in [-0.4, -0.2) is 34.6 Å². The van der Waals surface area contributed by atoms with Crippen molar-refractivity contribution in [3.05, 3.63) is 24.0 Å². The van der Waals surface area contributed by atoms with Crippen LogP contribution in [0.4, 0.5) is 0 Å². The van der Waals surface area contributed by atoms with Gasteiger partial charge in [0.05, 0.1) is 6.61 Å². The summed E-state index contributed by atoms with van der Waals surface area (Å²) in [6.45, 7) is 2.23. The summed E-state index contributed by atoms with van der Waals surface area (Å²) in [5.74, 6) is 1.28. The summed E-state index contributed by atoms with van der Waals surface area (Å²) < 4.78 is 15.3. The maximum Gasteiger partial charge on any atom is 0.375 e. The largest absolute Gasteiger partial charge is 0.460 e. The van der Waals surface area contributed by atoms with Gasteiger partial charge in [-0.2, -0.15) is 5.10 Å². The molecule has 0 spiro atoms. The van der Waals surface area contributed by atoms with Gasteiger partial charge in [0.25, 0.3) is 0 Å². The van der Waals surface area contributed by atoms with Crippen LogP contribution in [-0.2, 0) is 4.74 Å². The second-order valence-corrected chi connectivity index (χ2v) is 3.80. The molecule has 98 valence electrons. The lowest BCUT2D eigenvalue weighted by Gasteiger charge is -1.98. The molecule has 19 heavy (non-hydrogen) atoms. The van der Waals surface area contributed by atoms with Crippen molar-refractivity contribution in [3.8, 4) is 22.9 Å². The molecular formula is C12H11N3O4. The van der Waals surface area contributed by atoms with Gasteiger partial charge in [-0.05, 0) is 25.1 Å². The maximum atomic E-state index is 11.5.